The maximum Gasteiger partial charge on any atom is 0.127 e. The van der Waals surface area contributed by atoms with Gasteiger partial charge in [0.2, 0.25) is 0 Å². The monoisotopic (exact) mass is 288 g/mol. The third-order valence-corrected chi connectivity index (χ3v) is 3.73. The Hall–Kier alpha value is -2.01. The Bertz CT molecular complexity index is 594. The first kappa shape index (κ1) is 15.4. The highest BCUT2D eigenvalue weighted by atomic mass is 16.3. The maximum absolute atomic E-state index is 10.2. The van der Waals surface area contributed by atoms with Crippen LogP contribution in [0.5, 0.6) is 5.75 Å². The summed E-state index contributed by atoms with van der Waals surface area (Å²) in [6.07, 6.45) is 3.73. The Kier molecular flexibility index (Phi) is 4.85. The third kappa shape index (κ3) is 3.55. The van der Waals surface area contributed by atoms with Crippen LogP contribution in [-0.2, 0) is 13.6 Å². The van der Waals surface area contributed by atoms with Crippen LogP contribution in [0.1, 0.15) is 31.3 Å². The van der Waals surface area contributed by atoms with Gasteiger partial charge in [-0.15, -0.1) is 0 Å². The van der Waals surface area contributed by atoms with Crippen molar-refractivity contribution in [2.24, 2.45) is 7.05 Å². The van der Waals surface area contributed by atoms with Crippen molar-refractivity contribution in [2.75, 3.05) is 18.5 Å². The summed E-state index contributed by atoms with van der Waals surface area (Å²) in [5.74, 6) is 1.31. The quantitative estimate of drug-likeness (QED) is 0.857. The SMILES string of the molecule is CCNC(C)c1ccc(N(C)Cc2nccn2C)cc1O. The highest BCUT2D eigenvalue weighted by Gasteiger charge is 2.12. The van der Waals surface area contributed by atoms with E-state index in [4.69, 9.17) is 0 Å². The fourth-order valence-corrected chi connectivity index (χ4v) is 2.40. The molecule has 0 bridgehead atoms. The first-order chi connectivity index (χ1) is 10.0. The number of phenolic OH excluding ortho intramolecular Hbond substituents is 1. The van der Waals surface area contributed by atoms with Crippen molar-refractivity contribution >= 4 is 5.69 Å². The summed E-state index contributed by atoms with van der Waals surface area (Å²) >= 11 is 0. The molecule has 1 heterocycles. The van der Waals surface area contributed by atoms with Crippen molar-refractivity contribution in [2.45, 2.75) is 26.4 Å². The van der Waals surface area contributed by atoms with Crippen molar-refractivity contribution in [3.05, 3.63) is 42.0 Å². The molecule has 1 atom stereocenters. The number of phenols is 1. The van der Waals surface area contributed by atoms with Gasteiger partial charge in [0.1, 0.15) is 11.6 Å². The number of hydrogen-bond acceptors (Lipinski definition) is 4. The molecule has 0 saturated carbocycles. The molecular formula is C16H24N4O. The van der Waals surface area contributed by atoms with Crippen LogP contribution in [-0.4, -0.2) is 28.3 Å². The molecule has 1 unspecified atom stereocenters. The van der Waals surface area contributed by atoms with Gasteiger partial charge in [-0.1, -0.05) is 13.0 Å². The lowest BCUT2D eigenvalue weighted by Crippen LogP contribution is -2.20. The molecule has 0 spiro atoms. The average molecular weight is 288 g/mol. The lowest BCUT2D eigenvalue weighted by molar-refractivity contribution is 0.454. The number of hydrogen-bond donors (Lipinski definition) is 2. The van der Waals surface area contributed by atoms with E-state index in [1.54, 1.807) is 6.20 Å². The number of imidazole rings is 1. The summed E-state index contributed by atoms with van der Waals surface area (Å²) < 4.78 is 2.00. The van der Waals surface area contributed by atoms with Crippen LogP contribution in [0.15, 0.2) is 30.6 Å². The predicted octanol–water partition coefficient (Wildman–Crippen LogP) is 2.43. The van der Waals surface area contributed by atoms with E-state index in [9.17, 15) is 5.11 Å². The van der Waals surface area contributed by atoms with Crippen molar-refractivity contribution in [1.29, 1.82) is 0 Å². The van der Waals surface area contributed by atoms with Crippen molar-refractivity contribution in [1.82, 2.24) is 14.9 Å². The molecule has 1 aromatic carbocycles. The van der Waals surface area contributed by atoms with Gasteiger partial charge in [0, 0.05) is 49.8 Å². The molecule has 0 amide bonds. The van der Waals surface area contributed by atoms with Gasteiger partial charge in [0.15, 0.2) is 0 Å². The molecule has 2 N–H and O–H groups in total. The van der Waals surface area contributed by atoms with E-state index < -0.39 is 0 Å². The van der Waals surface area contributed by atoms with Crippen LogP contribution >= 0.6 is 0 Å². The predicted molar refractivity (Wildman–Crippen MR) is 85.5 cm³/mol. The summed E-state index contributed by atoms with van der Waals surface area (Å²) in [5, 5.41) is 13.5. The van der Waals surface area contributed by atoms with E-state index in [1.807, 2.05) is 43.1 Å². The van der Waals surface area contributed by atoms with E-state index in [2.05, 4.69) is 29.0 Å². The number of nitrogens with one attached hydrogen (secondary N) is 1. The molecule has 0 radical (unpaired) electrons. The fraction of sp³-hybridized carbons (Fsp3) is 0.438. The fourth-order valence-electron chi connectivity index (χ4n) is 2.40. The number of benzene rings is 1. The number of rotatable bonds is 6. The molecule has 2 aromatic rings. The lowest BCUT2D eigenvalue weighted by Gasteiger charge is -2.21. The molecule has 114 valence electrons. The highest BCUT2D eigenvalue weighted by Crippen LogP contribution is 2.29. The summed E-state index contributed by atoms with van der Waals surface area (Å²) in [6.45, 7) is 5.69. The van der Waals surface area contributed by atoms with Gasteiger partial charge in [-0.25, -0.2) is 4.98 Å². The number of aryl methyl sites for hydroxylation is 1. The topological polar surface area (TPSA) is 53.3 Å². The number of aromatic nitrogens is 2. The highest BCUT2D eigenvalue weighted by molar-refractivity contribution is 5.53. The zero-order valence-electron chi connectivity index (χ0n) is 13.2. The van der Waals surface area contributed by atoms with Gasteiger partial charge in [0.25, 0.3) is 0 Å². The van der Waals surface area contributed by atoms with Gasteiger partial charge in [-0.3, -0.25) is 0 Å². The summed E-state index contributed by atoms with van der Waals surface area (Å²) in [4.78, 5) is 6.40. The first-order valence-electron chi connectivity index (χ1n) is 7.26. The smallest absolute Gasteiger partial charge is 0.127 e. The molecule has 0 aliphatic heterocycles. The Balaban J connectivity index is 2.14. The number of anilines is 1. The minimum Gasteiger partial charge on any atom is -0.508 e. The van der Waals surface area contributed by atoms with Crippen molar-refractivity contribution < 1.29 is 5.11 Å². The van der Waals surface area contributed by atoms with Crippen LogP contribution in [0.4, 0.5) is 5.69 Å². The maximum atomic E-state index is 10.2. The molecule has 2 rings (SSSR count). The van der Waals surface area contributed by atoms with Crippen LogP contribution in [0, 0.1) is 0 Å². The van der Waals surface area contributed by atoms with Gasteiger partial charge >= 0.3 is 0 Å². The third-order valence-electron chi connectivity index (χ3n) is 3.73. The van der Waals surface area contributed by atoms with Gasteiger partial charge in [0.05, 0.1) is 6.54 Å². The van der Waals surface area contributed by atoms with E-state index in [0.29, 0.717) is 12.3 Å². The van der Waals surface area contributed by atoms with E-state index in [0.717, 1.165) is 23.6 Å². The molecule has 0 fully saturated rings. The second-order valence-electron chi connectivity index (χ2n) is 5.33. The normalized spacial score (nSPS) is 12.4. The Morgan fingerprint density at radius 1 is 1.43 bits per heavy atom. The minimum absolute atomic E-state index is 0.142. The Labute approximate surface area is 126 Å². The second-order valence-corrected chi connectivity index (χ2v) is 5.33. The zero-order valence-corrected chi connectivity index (χ0v) is 13.2. The van der Waals surface area contributed by atoms with Gasteiger partial charge in [-0.05, 0) is 19.5 Å². The largest absolute Gasteiger partial charge is 0.508 e. The van der Waals surface area contributed by atoms with Crippen LogP contribution in [0.3, 0.4) is 0 Å². The van der Waals surface area contributed by atoms with Crippen LogP contribution < -0.4 is 10.2 Å². The second kappa shape index (κ2) is 6.63. The molecule has 0 aliphatic rings. The van der Waals surface area contributed by atoms with Gasteiger partial charge < -0.3 is 19.9 Å². The van der Waals surface area contributed by atoms with Crippen molar-refractivity contribution in [3.8, 4) is 5.75 Å². The van der Waals surface area contributed by atoms with Crippen molar-refractivity contribution in [3.63, 3.8) is 0 Å². The van der Waals surface area contributed by atoms with E-state index >= 15 is 0 Å². The zero-order chi connectivity index (χ0) is 15.4. The average Bonchev–Trinajstić information content (AvgIpc) is 2.84. The summed E-state index contributed by atoms with van der Waals surface area (Å²) in [6, 6.07) is 5.97. The molecule has 0 saturated heterocycles. The Morgan fingerprint density at radius 2 is 2.19 bits per heavy atom. The summed E-state index contributed by atoms with van der Waals surface area (Å²) in [7, 11) is 3.98. The standard InChI is InChI=1S/C16H24N4O/c1-5-17-12(2)14-7-6-13(10-15(14)21)20(4)11-16-18-8-9-19(16)3/h6-10,12,17,21H,5,11H2,1-4H3. The molecule has 1 aromatic heterocycles. The number of aromatic hydroxyl groups is 1. The van der Waals surface area contributed by atoms with Gasteiger partial charge in [-0.2, -0.15) is 0 Å². The van der Waals surface area contributed by atoms with E-state index in [-0.39, 0.29) is 6.04 Å². The lowest BCUT2D eigenvalue weighted by atomic mass is 10.1. The number of nitrogens with zero attached hydrogens (tertiary/aromatic N) is 3. The van der Waals surface area contributed by atoms with E-state index in [1.165, 1.54) is 0 Å². The molecule has 21 heavy (non-hydrogen) atoms. The molecule has 0 aliphatic carbocycles. The first-order valence-corrected chi connectivity index (χ1v) is 7.26. The Morgan fingerprint density at radius 3 is 2.76 bits per heavy atom. The molecule has 5 heteroatoms. The van der Waals surface area contributed by atoms with Crippen LogP contribution in [0.2, 0.25) is 0 Å². The summed E-state index contributed by atoms with van der Waals surface area (Å²) in [5.41, 5.74) is 1.90. The minimum atomic E-state index is 0.142. The molecule has 5 nitrogen and oxygen atoms in total. The van der Waals surface area contributed by atoms with Crippen LogP contribution in [0.25, 0.3) is 0 Å². The molecular weight excluding hydrogens is 264 g/mol.